The molecule has 0 spiro atoms. The maximum Gasteiger partial charge on any atom is -1.00 e. The van der Waals surface area contributed by atoms with Gasteiger partial charge in [-0.15, -0.1) is 0 Å². The summed E-state index contributed by atoms with van der Waals surface area (Å²) in [6, 6.07) is 29.6. The molecule has 5 heteroatoms. The SMILES string of the molecule is CCCCc1ccc([Si](C2=C(C)C(C)=[C]([Ti+3])C2C)(c2ccc(CCCC)cc2)c2ccc(CCCC)cc2)cc1.[Cl-].[Cl-].[Cl-]. The topological polar surface area (TPSA) is 0 Å². The second kappa shape index (κ2) is 18.8. The maximum absolute atomic E-state index is 2.53. The first-order valence-corrected chi connectivity index (χ1v) is 18.6. The van der Waals surface area contributed by atoms with E-state index in [1.54, 1.807) is 9.07 Å². The molecule has 1 atom stereocenters. The molecule has 0 saturated heterocycles. The van der Waals surface area contributed by atoms with Gasteiger partial charge in [-0.1, -0.05) is 0 Å². The predicted molar refractivity (Wildman–Crippen MR) is 174 cm³/mol. The molecular formula is C38H49Cl3SiTi. The minimum atomic E-state index is -2.53. The van der Waals surface area contributed by atoms with Crippen molar-refractivity contribution in [2.24, 2.45) is 5.92 Å². The number of rotatable bonds is 13. The van der Waals surface area contributed by atoms with Crippen molar-refractivity contribution >= 4 is 23.6 Å². The molecule has 0 bridgehead atoms. The van der Waals surface area contributed by atoms with E-state index in [9.17, 15) is 0 Å². The van der Waals surface area contributed by atoms with E-state index in [1.165, 1.54) is 101 Å². The van der Waals surface area contributed by atoms with Crippen molar-refractivity contribution in [3.05, 3.63) is 110 Å². The molecule has 1 unspecified atom stereocenters. The number of allylic oxidation sites excluding steroid dienone is 4. The zero-order valence-electron chi connectivity index (χ0n) is 27.0. The van der Waals surface area contributed by atoms with Gasteiger partial charge >= 0.3 is 259 Å². The maximum atomic E-state index is 2.50. The average molecular weight is 688 g/mol. The molecule has 0 nitrogen and oxygen atoms in total. The Hall–Kier alpha value is -1.06. The second-order valence-electron chi connectivity index (χ2n) is 12.0. The summed E-state index contributed by atoms with van der Waals surface area (Å²) in [4.78, 5) is 0. The molecule has 1 aliphatic rings. The zero-order chi connectivity index (χ0) is 28.7. The normalized spacial score (nSPS) is 14.7. The summed E-state index contributed by atoms with van der Waals surface area (Å²) >= 11 is 2.37. The van der Waals surface area contributed by atoms with Crippen LogP contribution in [0.15, 0.2) is 93.0 Å². The van der Waals surface area contributed by atoms with Crippen LogP contribution in [0.1, 0.15) is 96.8 Å². The molecule has 0 heterocycles. The van der Waals surface area contributed by atoms with E-state index >= 15 is 0 Å². The first kappa shape index (κ1) is 40.0. The molecule has 0 saturated carbocycles. The van der Waals surface area contributed by atoms with Gasteiger partial charge < -0.3 is 37.2 Å². The minimum absolute atomic E-state index is 0. The number of hydrogen-bond donors (Lipinski definition) is 0. The standard InChI is InChI=1S/C38H49Si.3ClH.Ti/c1-7-10-13-32-16-22-35(23-17-32)39(38-30(5)28-29(4)31(38)6,36-24-18-33(19-25-36)14-11-8-2)37-26-20-34(21-27-37)15-12-9-3;;;;/h16-27,30H,7-15H2,1-6H3;3*1H;/q;;;;+3/p-3. The summed E-state index contributed by atoms with van der Waals surface area (Å²) in [5.41, 5.74) is 7.42. The van der Waals surface area contributed by atoms with E-state index in [-0.39, 0.29) is 37.2 Å². The van der Waals surface area contributed by atoms with Gasteiger partial charge in [-0.2, -0.15) is 0 Å². The third kappa shape index (κ3) is 8.60. The fraction of sp³-hybridized carbons (Fsp3) is 0.421. The summed E-state index contributed by atoms with van der Waals surface area (Å²) in [6.45, 7) is 14.1. The van der Waals surface area contributed by atoms with Crippen LogP contribution >= 0.6 is 0 Å². The Bertz CT molecular complexity index is 1200. The van der Waals surface area contributed by atoms with Crippen molar-refractivity contribution in [1.82, 2.24) is 0 Å². The van der Waals surface area contributed by atoms with E-state index in [4.69, 9.17) is 0 Å². The Kier molecular flexibility index (Phi) is 17.5. The van der Waals surface area contributed by atoms with Gasteiger partial charge in [0, 0.05) is 0 Å². The van der Waals surface area contributed by atoms with E-state index < -0.39 is 8.07 Å². The van der Waals surface area contributed by atoms with Crippen LogP contribution in [0.4, 0.5) is 0 Å². The Morgan fingerprint density at radius 2 is 0.837 bits per heavy atom. The summed E-state index contributed by atoms with van der Waals surface area (Å²) < 4.78 is 1.54. The van der Waals surface area contributed by atoms with Crippen LogP contribution in [0.5, 0.6) is 0 Å². The summed E-state index contributed by atoms with van der Waals surface area (Å²) in [5.74, 6) is 0.450. The smallest absolute Gasteiger partial charge is 1.00 e. The number of benzene rings is 3. The number of aryl methyl sites for hydroxylation is 3. The third-order valence-electron chi connectivity index (χ3n) is 9.26. The molecule has 0 fully saturated rings. The van der Waals surface area contributed by atoms with Gasteiger partial charge in [-0.25, -0.2) is 0 Å². The molecule has 3 aromatic rings. The van der Waals surface area contributed by atoms with Gasteiger partial charge in [0.2, 0.25) is 0 Å². The summed E-state index contributed by atoms with van der Waals surface area (Å²) in [6.07, 6.45) is 11.0. The largest absolute Gasteiger partial charge is 1.00 e. The first-order chi connectivity index (χ1) is 19.4. The number of unbranched alkanes of at least 4 members (excludes halogenated alkanes) is 3. The average Bonchev–Trinajstić information content (AvgIpc) is 3.18. The Balaban J connectivity index is 0.00000308. The summed E-state index contributed by atoms with van der Waals surface area (Å²) in [7, 11) is -2.53. The van der Waals surface area contributed by atoms with Crippen LogP contribution < -0.4 is 52.8 Å². The van der Waals surface area contributed by atoms with Crippen LogP contribution in [-0.2, 0) is 39.7 Å². The van der Waals surface area contributed by atoms with Crippen molar-refractivity contribution in [3.8, 4) is 0 Å². The van der Waals surface area contributed by atoms with E-state index in [1.807, 2.05) is 0 Å². The Labute approximate surface area is 294 Å². The van der Waals surface area contributed by atoms with Crippen LogP contribution in [0.25, 0.3) is 0 Å². The van der Waals surface area contributed by atoms with E-state index in [2.05, 4.69) is 135 Å². The molecule has 0 radical (unpaired) electrons. The minimum Gasteiger partial charge on any atom is -1.00 e. The quantitative estimate of drug-likeness (QED) is 0.169. The zero-order valence-corrected chi connectivity index (χ0v) is 31.8. The molecular weight excluding hydrogens is 639 g/mol. The van der Waals surface area contributed by atoms with Gasteiger partial charge in [0.25, 0.3) is 0 Å². The molecule has 230 valence electrons. The van der Waals surface area contributed by atoms with E-state index in [0.29, 0.717) is 5.92 Å². The molecule has 0 N–H and O–H groups in total. The molecule has 0 aromatic heterocycles. The van der Waals surface area contributed by atoms with Crippen LogP contribution in [0, 0.1) is 5.92 Å². The fourth-order valence-electron chi connectivity index (χ4n) is 6.68. The molecule has 3 aromatic carbocycles. The van der Waals surface area contributed by atoms with Crippen molar-refractivity contribution in [2.45, 2.75) is 99.3 Å². The Morgan fingerprint density at radius 3 is 1.07 bits per heavy atom. The Morgan fingerprint density at radius 1 is 0.535 bits per heavy atom. The third-order valence-corrected chi connectivity index (χ3v) is 15.7. The van der Waals surface area contributed by atoms with Gasteiger partial charge in [-0.3, -0.25) is 0 Å². The van der Waals surface area contributed by atoms with Crippen LogP contribution in [0.3, 0.4) is 0 Å². The van der Waals surface area contributed by atoms with Gasteiger partial charge in [0.05, 0.1) is 0 Å². The number of hydrogen-bond acceptors (Lipinski definition) is 0. The molecule has 1 aliphatic carbocycles. The molecule has 0 amide bonds. The molecule has 0 aliphatic heterocycles. The van der Waals surface area contributed by atoms with Gasteiger partial charge in [0.15, 0.2) is 0 Å². The fourth-order valence-corrected chi connectivity index (χ4v) is 12.9. The van der Waals surface area contributed by atoms with Crippen molar-refractivity contribution in [1.29, 1.82) is 0 Å². The van der Waals surface area contributed by atoms with Crippen LogP contribution in [-0.4, -0.2) is 8.07 Å². The van der Waals surface area contributed by atoms with Crippen molar-refractivity contribution in [2.75, 3.05) is 0 Å². The first-order valence-electron chi connectivity index (χ1n) is 15.8. The van der Waals surface area contributed by atoms with Crippen molar-refractivity contribution < 1.29 is 57.7 Å². The second-order valence-corrected chi connectivity index (χ2v) is 16.6. The van der Waals surface area contributed by atoms with Gasteiger partial charge in [0.1, 0.15) is 0 Å². The monoisotopic (exact) mass is 686 g/mol. The van der Waals surface area contributed by atoms with Gasteiger partial charge in [-0.05, 0) is 0 Å². The van der Waals surface area contributed by atoms with E-state index in [0.717, 1.165) is 0 Å². The predicted octanol–water partition coefficient (Wildman–Crippen LogP) is -0.477. The van der Waals surface area contributed by atoms with Crippen LogP contribution in [0.2, 0.25) is 0 Å². The molecule has 43 heavy (non-hydrogen) atoms. The summed E-state index contributed by atoms with van der Waals surface area (Å²) in [5, 5.41) is 6.27. The van der Waals surface area contributed by atoms with Crippen molar-refractivity contribution in [3.63, 3.8) is 0 Å². The number of halogens is 3. The molecule has 4 rings (SSSR count).